The lowest BCUT2D eigenvalue weighted by Crippen LogP contribution is -2.02. The molecule has 0 rings (SSSR count). The van der Waals surface area contributed by atoms with Crippen molar-refractivity contribution in [2.75, 3.05) is 0 Å². The molecular formula is C15H24O2. The Kier molecular flexibility index (Phi) is 7.27. The van der Waals surface area contributed by atoms with Crippen LogP contribution in [0.25, 0.3) is 0 Å². The van der Waals surface area contributed by atoms with Gasteiger partial charge in [-0.1, -0.05) is 52.3 Å². The number of carbonyl (C=O) groups is 1. The molecule has 0 spiro atoms. The van der Waals surface area contributed by atoms with Crippen LogP contribution in [0.1, 0.15) is 40.0 Å². The largest absolute Gasteiger partial charge is 0.508 e. The molecule has 0 aliphatic carbocycles. The Labute approximate surface area is 105 Å². The number of hydrogen-bond acceptors (Lipinski definition) is 2. The fourth-order valence-corrected chi connectivity index (χ4v) is 1.45. The smallest absolute Gasteiger partial charge is 0.153 e. The van der Waals surface area contributed by atoms with Gasteiger partial charge in [-0.2, -0.15) is 0 Å². The van der Waals surface area contributed by atoms with Crippen molar-refractivity contribution < 1.29 is 9.90 Å². The van der Waals surface area contributed by atoms with Gasteiger partial charge in [0.25, 0.3) is 0 Å². The lowest BCUT2D eigenvalue weighted by Gasteiger charge is -2.15. The van der Waals surface area contributed by atoms with Crippen molar-refractivity contribution in [3.8, 4) is 0 Å². The average molecular weight is 236 g/mol. The van der Waals surface area contributed by atoms with Crippen molar-refractivity contribution in [3.05, 3.63) is 36.1 Å². The van der Waals surface area contributed by atoms with Crippen molar-refractivity contribution in [1.29, 1.82) is 0 Å². The van der Waals surface area contributed by atoms with Gasteiger partial charge in [-0.25, -0.2) is 0 Å². The van der Waals surface area contributed by atoms with Gasteiger partial charge in [-0.3, -0.25) is 4.79 Å². The van der Waals surface area contributed by atoms with Crippen LogP contribution in [0.5, 0.6) is 0 Å². The second-order valence-corrected chi connectivity index (χ2v) is 4.73. The fraction of sp³-hybridized carbons (Fsp3) is 0.533. The number of aldehydes is 1. The van der Waals surface area contributed by atoms with Crippen LogP contribution in [-0.4, -0.2) is 11.4 Å². The third-order valence-electron chi connectivity index (χ3n) is 3.22. The molecule has 0 saturated heterocycles. The number of allylic oxidation sites excluding steroid dienone is 3. The molecule has 17 heavy (non-hydrogen) atoms. The minimum atomic E-state index is -0.199. The van der Waals surface area contributed by atoms with Crippen LogP contribution < -0.4 is 0 Å². The summed E-state index contributed by atoms with van der Waals surface area (Å²) in [6, 6.07) is 0. The predicted octanol–water partition coefficient (Wildman–Crippen LogP) is 4.20. The molecule has 2 unspecified atom stereocenters. The molecule has 96 valence electrons. The van der Waals surface area contributed by atoms with Crippen LogP contribution in [0, 0.1) is 11.8 Å². The van der Waals surface area contributed by atoms with Crippen LogP contribution >= 0.6 is 0 Å². The highest BCUT2D eigenvalue weighted by molar-refractivity contribution is 5.79. The lowest BCUT2D eigenvalue weighted by molar-refractivity contribution is -0.104. The predicted molar refractivity (Wildman–Crippen MR) is 72.9 cm³/mol. The molecule has 0 saturated carbocycles. The Bertz CT molecular complexity index is 313. The van der Waals surface area contributed by atoms with Gasteiger partial charge < -0.3 is 5.11 Å². The van der Waals surface area contributed by atoms with Crippen molar-refractivity contribution >= 4 is 6.29 Å². The lowest BCUT2D eigenvalue weighted by atomic mass is 9.91. The van der Waals surface area contributed by atoms with Gasteiger partial charge in [0.15, 0.2) is 6.29 Å². The highest BCUT2D eigenvalue weighted by Crippen LogP contribution is 2.22. The van der Waals surface area contributed by atoms with Crippen LogP contribution in [0.4, 0.5) is 0 Å². The van der Waals surface area contributed by atoms with Gasteiger partial charge in [0.05, 0.1) is 5.57 Å². The van der Waals surface area contributed by atoms with Crippen LogP contribution in [0.3, 0.4) is 0 Å². The van der Waals surface area contributed by atoms with Gasteiger partial charge in [-0.15, -0.1) is 0 Å². The summed E-state index contributed by atoms with van der Waals surface area (Å²) in [6.07, 6.45) is 5.61. The van der Waals surface area contributed by atoms with E-state index >= 15 is 0 Å². The fourth-order valence-electron chi connectivity index (χ4n) is 1.45. The zero-order valence-electron chi connectivity index (χ0n) is 11.2. The summed E-state index contributed by atoms with van der Waals surface area (Å²) in [5.74, 6) is 0.834. The molecule has 2 heteroatoms. The molecule has 0 aliphatic rings. The van der Waals surface area contributed by atoms with E-state index < -0.39 is 0 Å². The zero-order chi connectivity index (χ0) is 13.4. The molecule has 0 fully saturated rings. The topological polar surface area (TPSA) is 37.3 Å². The Hall–Kier alpha value is -1.31. The van der Waals surface area contributed by atoms with E-state index in [1.807, 2.05) is 0 Å². The summed E-state index contributed by atoms with van der Waals surface area (Å²) >= 11 is 0. The first-order valence-electron chi connectivity index (χ1n) is 6.16. The van der Waals surface area contributed by atoms with E-state index in [4.69, 9.17) is 5.11 Å². The third kappa shape index (κ3) is 6.10. The van der Waals surface area contributed by atoms with Gasteiger partial charge >= 0.3 is 0 Å². The Morgan fingerprint density at radius 2 is 1.88 bits per heavy atom. The quantitative estimate of drug-likeness (QED) is 0.297. The van der Waals surface area contributed by atoms with Crippen LogP contribution in [-0.2, 0) is 4.79 Å². The number of aliphatic hydroxyl groups excluding tert-OH is 1. The van der Waals surface area contributed by atoms with Crippen LogP contribution in [0.2, 0.25) is 0 Å². The summed E-state index contributed by atoms with van der Waals surface area (Å²) in [7, 11) is 0. The van der Waals surface area contributed by atoms with Crippen LogP contribution in [0.15, 0.2) is 36.1 Å². The Morgan fingerprint density at radius 1 is 1.29 bits per heavy atom. The second-order valence-electron chi connectivity index (χ2n) is 4.73. The molecule has 0 aromatic carbocycles. The molecule has 0 aromatic rings. The molecule has 0 aliphatic heterocycles. The van der Waals surface area contributed by atoms with E-state index in [-0.39, 0.29) is 11.3 Å². The molecule has 0 radical (unpaired) electrons. The van der Waals surface area contributed by atoms with Crippen molar-refractivity contribution in [1.82, 2.24) is 0 Å². The van der Waals surface area contributed by atoms with E-state index in [2.05, 4.69) is 33.9 Å². The zero-order valence-corrected chi connectivity index (χ0v) is 11.2. The van der Waals surface area contributed by atoms with Gasteiger partial charge in [0.1, 0.15) is 5.76 Å². The SMILES string of the molecule is C=C(O)/C(C=O)=C\C(=C)C(C)CCC(C)CC. The molecular weight excluding hydrogens is 212 g/mol. The van der Waals surface area contributed by atoms with Crippen molar-refractivity contribution in [2.45, 2.75) is 40.0 Å². The maximum Gasteiger partial charge on any atom is 0.153 e. The number of carbonyl (C=O) groups excluding carboxylic acids is 1. The van der Waals surface area contributed by atoms with Crippen molar-refractivity contribution in [2.24, 2.45) is 11.8 Å². The summed E-state index contributed by atoms with van der Waals surface area (Å²) in [5, 5.41) is 9.16. The molecule has 0 bridgehead atoms. The molecule has 0 aromatic heterocycles. The van der Waals surface area contributed by atoms with Crippen molar-refractivity contribution in [3.63, 3.8) is 0 Å². The average Bonchev–Trinajstić information content (AvgIpc) is 2.31. The summed E-state index contributed by atoms with van der Waals surface area (Å²) in [5.41, 5.74) is 1.08. The van der Waals surface area contributed by atoms with E-state index in [9.17, 15) is 4.79 Å². The standard InChI is InChI=1S/C15H24O2/c1-6-11(2)7-8-12(3)13(4)9-15(10-16)14(5)17/h9-12,17H,4-8H2,1-3H3/b15-9-. The third-order valence-corrected chi connectivity index (χ3v) is 3.22. The van der Waals surface area contributed by atoms with E-state index in [1.54, 1.807) is 6.08 Å². The molecule has 0 amide bonds. The summed E-state index contributed by atoms with van der Waals surface area (Å²) in [6.45, 7) is 13.8. The number of hydrogen-bond donors (Lipinski definition) is 1. The molecule has 2 atom stereocenters. The monoisotopic (exact) mass is 236 g/mol. The molecule has 1 N–H and O–H groups in total. The van der Waals surface area contributed by atoms with Gasteiger partial charge in [0.2, 0.25) is 0 Å². The first-order chi connectivity index (χ1) is 7.92. The summed E-state index contributed by atoms with van der Waals surface area (Å²) < 4.78 is 0. The van der Waals surface area contributed by atoms with Gasteiger partial charge in [-0.05, 0) is 24.3 Å². The van der Waals surface area contributed by atoms with Gasteiger partial charge in [0, 0.05) is 0 Å². The first kappa shape index (κ1) is 15.7. The van der Waals surface area contributed by atoms with E-state index in [0.29, 0.717) is 18.1 Å². The Morgan fingerprint density at radius 3 is 2.29 bits per heavy atom. The second kappa shape index (κ2) is 7.88. The Balaban J connectivity index is 4.40. The maximum absolute atomic E-state index is 10.7. The first-order valence-corrected chi connectivity index (χ1v) is 6.16. The minimum Gasteiger partial charge on any atom is -0.508 e. The highest BCUT2D eigenvalue weighted by Gasteiger charge is 2.09. The summed E-state index contributed by atoms with van der Waals surface area (Å²) in [4.78, 5) is 10.7. The normalized spacial score (nSPS) is 15.1. The number of rotatable bonds is 8. The molecule has 0 heterocycles. The minimum absolute atomic E-state index is 0.199. The van der Waals surface area contributed by atoms with E-state index in [0.717, 1.165) is 18.4 Å². The highest BCUT2D eigenvalue weighted by atomic mass is 16.3. The maximum atomic E-state index is 10.7. The molecule has 2 nitrogen and oxygen atoms in total. The number of aliphatic hydroxyl groups is 1. The van der Waals surface area contributed by atoms with E-state index in [1.165, 1.54) is 6.42 Å².